The van der Waals surface area contributed by atoms with Crippen LogP contribution in [0.2, 0.25) is 0 Å². The second kappa shape index (κ2) is 7.54. The Kier molecular flexibility index (Phi) is 4.65. The van der Waals surface area contributed by atoms with Crippen molar-refractivity contribution in [3.8, 4) is 11.5 Å². The second-order valence-corrected chi connectivity index (χ2v) is 9.37. The minimum absolute atomic E-state index is 0.0180. The van der Waals surface area contributed by atoms with Gasteiger partial charge < -0.3 is 20.5 Å². The Bertz CT molecular complexity index is 1310. The zero-order valence-corrected chi connectivity index (χ0v) is 19.0. The highest BCUT2D eigenvalue weighted by atomic mass is 16.7. The summed E-state index contributed by atoms with van der Waals surface area (Å²) in [6.07, 6.45) is 0.565. The van der Waals surface area contributed by atoms with Crippen LogP contribution in [0.4, 0.5) is 5.69 Å². The van der Waals surface area contributed by atoms with E-state index in [4.69, 9.17) is 15.2 Å². The Hall–Kier alpha value is -3.92. The van der Waals surface area contributed by atoms with Crippen molar-refractivity contribution in [3.05, 3.63) is 53.1 Å². The van der Waals surface area contributed by atoms with Crippen molar-refractivity contribution in [2.45, 2.75) is 37.9 Å². The first-order valence-corrected chi connectivity index (χ1v) is 11.6. The monoisotopic (exact) mass is 476 g/mol. The molecule has 0 aromatic heterocycles. The molecule has 6 rings (SSSR count). The van der Waals surface area contributed by atoms with Gasteiger partial charge >= 0.3 is 0 Å². The molecule has 2 fully saturated rings. The molecule has 4 heterocycles. The predicted molar refractivity (Wildman–Crippen MR) is 122 cm³/mol. The molecule has 2 aromatic rings. The van der Waals surface area contributed by atoms with Crippen LogP contribution >= 0.6 is 0 Å². The molecule has 0 bridgehead atoms. The van der Waals surface area contributed by atoms with E-state index in [9.17, 15) is 19.2 Å². The number of fused-ring (bicyclic) bond motifs is 5. The first kappa shape index (κ1) is 21.6. The second-order valence-electron chi connectivity index (χ2n) is 9.37. The molecule has 180 valence electrons. The number of carbonyl (C=O) groups excluding carboxylic acids is 4. The molecular weight excluding hydrogens is 452 g/mol. The average molecular weight is 476 g/mol. The summed E-state index contributed by atoms with van der Waals surface area (Å²) in [5, 5.41) is 6.08. The molecule has 35 heavy (non-hydrogen) atoms. The first-order chi connectivity index (χ1) is 16.8. The van der Waals surface area contributed by atoms with Crippen LogP contribution in [0, 0.1) is 11.8 Å². The average Bonchev–Trinajstić information content (AvgIpc) is 3.55. The van der Waals surface area contributed by atoms with Crippen molar-refractivity contribution in [2.75, 3.05) is 12.1 Å². The third-order valence-electron chi connectivity index (χ3n) is 7.48. The van der Waals surface area contributed by atoms with Crippen molar-refractivity contribution in [1.82, 2.24) is 10.2 Å². The smallest absolute Gasteiger partial charge is 0.250 e. The highest BCUT2D eigenvalue weighted by Gasteiger charge is 2.70. The minimum atomic E-state index is -1.46. The zero-order chi connectivity index (χ0) is 24.5. The SMILES string of the molecule is CCc1ccc2c(c1)[C@@]1(N[C@H](CC(N)=O)[C@H]3C(=O)N(Cc4ccc5c(c4)OCO5)C(=O)[C@@H]31)C(=O)N2. The molecule has 0 unspecified atom stereocenters. The quantitative estimate of drug-likeness (QED) is 0.542. The van der Waals surface area contributed by atoms with Crippen LogP contribution in [0.25, 0.3) is 0 Å². The fourth-order valence-electron chi connectivity index (χ4n) is 5.90. The number of primary amides is 1. The molecule has 10 nitrogen and oxygen atoms in total. The molecule has 1 spiro atoms. The number of likely N-dealkylation sites (tertiary alicyclic amines) is 1. The van der Waals surface area contributed by atoms with Crippen LogP contribution in [0.5, 0.6) is 11.5 Å². The summed E-state index contributed by atoms with van der Waals surface area (Å²) in [5.41, 5.74) is 6.93. The molecule has 10 heteroatoms. The van der Waals surface area contributed by atoms with Gasteiger partial charge in [0, 0.05) is 23.7 Å². The minimum Gasteiger partial charge on any atom is -0.454 e. The summed E-state index contributed by atoms with van der Waals surface area (Å²) in [6.45, 7) is 2.13. The topological polar surface area (TPSA) is 140 Å². The number of nitrogens with one attached hydrogen (secondary N) is 2. The highest BCUT2D eigenvalue weighted by molar-refractivity contribution is 6.15. The Labute approximate surface area is 200 Å². The van der Waals surface area contributed by atoms with Gasteiger partial charge in [-0.1, -0.05) is 25.1 Å². The lowest BCUT2D eigenvalue weighted by molar-refractivity contribution is -0.143. The van der Waals surface area contributed by atoms with E-state index in [1.54, 1.807) is 18.2 Å². The summed E-state index contributed by atoms with van der Waals surface area (Å²) in [6, 6.07) is 10.1. The highest BCUT2D eigenvalue weighted by Crippen LogP contribution is 2.53. The zero-order valence-electron chi connectivity index (χ0n) is 19.0. The van der Waals surface area contributed by atoms with E-state index >= 15 is 0 Å². The van der Waals surface area contributed by atoms with E-state index in [2.05, 4.69) is 10.6 Å². The number of anilines is 1. The Morgan fingerprint density at radius 1 is 1.09 bits per heavy atom. The van der Waals surface area contributed by atoms with Gasteiger partial charge in [-0.2, -0.15) is 0 Å². The number of nitrogens with two attached hydrogens (primary N) is 1. The van der Waals surface area contributed by atoms with E-state index in [1.165, 1.54) is 4.90 Å². The fourth-order valence-corrected chi connectivity index (χ4v) is 5.90. The summed E-state index contributed by atoms with van der Waals surface area (Å²) < 4.78 is 10.8. The van der Waals surface area contributed by atoms with Gasteiger partial charge in [-0.25, -0.2) is 0 Å². The molecule has 4 N–H and O–H groups in total. The van der Waals surface area contributed by atoms with Gasteiger partial charge in [-0.05, 0) is 35.7 Å². The molecule has 4 amide bonds. The van der Waals surface area contributed by atoms with Gasteiger partial charge in [0.2, 0.25) is 30.4 Å². The van der Waals surface area contributed by atoms with E-state index in [1.807, 2.05) is 25.1 Å². The number of imide groups is 1. The number of ether oxygens (including phenoxy) is 2. The maximum atomic E-state index is 13.9. The van der Waals surface area contributed by atoms with Crippen LogP contribution in [0.15, 0.2) is 36.4 Å². The Morgan fingerprint density at radius 3 is 2.63 bits per heavy atom. The van der Waals surface area contributed by atoms with Gasteiger partial charge in [-0.3, -0.25) is 29.4 Å². The lowest BCUT2D eigenvalue weighted by atomic mass is 9.76. The number of nitrogens with zero attached hydrogens (tertiary/aromatic N) is 1. The van der Waals surface area contributed by atoms with Crippen molar-refractivity contribution >= 4 is 29.3 Å². The standard InChI is InChI=1S/C25H24N4O6/c1-2-12-3-5-15-14(7-12)25(24(33)27-15)21-20(16(28-25)9-19(26)30)22(31)29(23(21)32)10-13-4-6-17-18(8-13)35-11-34-17/h3-8,16,20-21,28H,2,9-11H2,1H3,(H2,26,30)(H,27,33)/t16-,20-,21-,25+/m1/s1. The lowest BCUT2D eigenvalue weighted by Gasteiger charge is -2.29. The maximum absolute atomic E-state index is 13.9. The molecule has 0 radical (unpaired) electrons. The number of amides is 4. The molecule has 2 aromatic carbocycles. The van der Waals surface area contributed by atoms with E-state index < -0.39 is 47.0 Å². The lowest BCUT2D eigenvalue weighted by Crippen LogP contribution is -2.53. The molecule has 2 saturated heterocycles. The van der Waals surface area contributed by atoms with Crippen molar-refractivity contribution in [2.24, 2.45) is 17.6 Å². The first-order valence-electron chi connectivity index (χ1n) is 11.6. The van der Waals surface area contributed by atoms with Gasteiger partial charge in [-0.15, -0.1) is 0 Å². The van der Waals surface area contributed by atoms with Crippen molar-refractivity contribution in [1.29, 1.82) is 0 Å². The van der Waals surface area contributed by atoms with Crippen LogP contribution in [0.3, 0.4) is 0 Å². The van der Waals surface area contributed by atoms with Crippen LogP contribution in [-0.4, -0.2) is 41.4 Å². The predicted octanol–water partition coefficient (Wildman–Crippen LogP) is 0.774. The number of hydrogen-bond donors (Lipinski definition) is 3. The molecule has 0 aliphatic carbocycles. The number of benzene rings is 2. The van der Waals surface area contributed by atoms with Gasteiger partial charge in [0.05, 0.1) is 18.4 Å². The fraction of sp³-hybridized carbons (Fsp3) is 0.360. The van der Waals surface area contributed by atoms with Crippen molar-refractivity contribution < 1.29 is 28.7 Å². The van der Waals surface area contributed by atoms with Gasteiger partial charge in [0.1, 0.15) is 5.54 Å². The summed E-state index contributed by atoms with van der Waals surface area (Å²) in [5.74, 6) is -2.67. The van der Waals surface area contributed by atoms with E-state index in [-0.39, 0.29) is 19.8 Å². The Balaban J connectivity index is 1.42. The number of hydrogen-bond acceptors (Lipinski definition) is 7. The normalized spacial score (nSPS) is 28.0. The number of rotatable bonds is 5. The summed E-state index contributed by atoms with van der Waals surface area (Å²) in [7, 11) is 0. The Morgan fingerprint density at radius 2 is 1.86 bits per heavy atom. The number of aryl methyl sites for hydroxylation is 1. The third kappa shape index (κ3) is 2.99. The summed E-state index contributed by atoms with van der Waals surface area (Å²) in [4.78, 5) is 54.0. The third-order valence-corrected chi connectivity index (χ3v) is 7.48. The van der Waals surface area contributed by atoms with Crippen LogP contribution < -0.4 is 25.8 Å². The molecule has 4 aliphatic rings. The van der Waals surface area contributed by atoms with Crippen molar-refractivity contribution in [3.63, 3.8) is 0 Å². The molecule has 0 saturated carbocycles. The van der Waals surface area contributed by atoms with E-state index in [0.717, 1.165) is 12.0 Å². The van der Waals surface area contributed by atoms with Crippen LogP contribution in [0.1, 0.15) is 30.0 Å². The summed E-state index contributed by atoms with van der Waals surface area (Å²) >= 11 is 0. The van der Waals surface area contributed by atoms with E-state index in [0.29, 0.717) is 28.3 Å². The molecular formula is C25H24N4O6. The molecule has 4 atom stereocenters. The van der Waals surface area contributed by atoms with Gasteiger partial charge in [0.15, 0.2) is 11.5 Å². The largest absolute Gasteiger partial charge is 0.454 e. The van der Waals surface area contributed by atoms with Gasteiger partial charge in [0.25, 0.3) is 0 Å². The van der Waals surface area contributed by atoms with Crippen LogP contribution in [-0.2, 0) is 37.7 Å². The number of carbonyl (C=O) groups is 4. The molecule has 4 aliphatic heterocycles. The maximum Gasteiger partial charge on any atom is 0.250 e.